The first-order valence-corrected chi connectivity index (χ1v) is 3.32. The first-order valence-electron chi connectivity index (χ1n) is 3.32. The van der Waals surface area contributed by atoms with Gasteiger partial charge in [0, 0.05) is 0 Å². The molecule has 0 aromatic carbocycles. The molecule has 1 atom stereocenters. The van der Waals surface area contributed by atoms with Crippen LogP contribution in [0.15, 0.2) is 0 Å². The van der Waals surface area contributed by atoms with Crippen molar-refractivity contribution in [2.24, 2.45) is 0 Å². The Morgan fingerprint density at radius 3 is 3.00 bits per heavy atom. The Morgan fingerprint density at radius 1 is 1.82 bits per heavy atom. The zero-order chi connectivity index (χ0) is 8.27. The zero-order valence-corrected chi connectivity index (χ0v) is 6.22. The zero-order valence-electron chi connectivity index (χ0n) is 6.22. The summed E-state index contributed by atoms with van der Waals surface area (Å²) in [4.78, 5) is 21.5. The summed E-state index contributed by atoms with van der Waals surface area (Å²) in [5, 5.41) is 5.35. The van der Waals surface area contributed by atoms with Crippen molar-refractivity contribution >= 4 is 11.9 Å². The van der Waals surface area contributed by atoms with Gasteiger partial charge in [-0.2, -0.15) is 0 Å². The van der Waals surface area contributed by atoms with Crippen LogP contribution in [0.4, 0.5) is 0 Å². The summed E-state index contributed by atoms with van der Waals surface area (Å²) in [6, 6.07) is -0.414. The number of nitrogens with one attached hydrogen (secondary N) is 2. The number of hydrogen-bond donors (Lipinski definition) is 2. The third kappa shape index (κ3) is 1.91. The smallest absolute Gasteiger partial charge is 0.307 e. The van der Waals surface area contributed by atoms with Gasteiger partial charge in [-0.3, -0.25) is 14.9 Å². The predicted octanol–water partition coefficient (Wildman–Crippen LogP) is -1.40. The van der Waals surface area contributed by atoms with Crippen LogP contribution >= 0.6 is 0 Å². The molecule has 1 aliphatic rings. The van der Waals surface area contributed by atoms with E-state index >= 15 is 0 Å². The molecule has 0 aromatic heterocycles. The van der Waals surface area contributed by atoms with Gasteiger partial charge < -0.3 is 10.1 Å². The Morgan fingerprint density at radius 2 is 2.55 bits per heavy atom. The molecule has 5 nitrogen and oxygen atoms in total. The fraction of sp³-hybridized carbons (Fsp3) is 0.667. The van der Waals surface area contributed by atoms with Crippen molar-refractivity contribution in [1.29, 1.82) is 0 Å². The highest BCUT2D eigenvalue weighted by molar-refractivity contribution is 5.87. The highest BCUT2D eigenvalue weighted by Crippen LogP contribution is 1.97. The maximum absolute atomic E-state index is 10.8. The van der Waals surface area contributed by atoms with E-state index in [1.165, 1.54) is 7.11 Å². The first-order chi connectivity index (χ1) is 5.24. The van der Waals surface area contributed by atoms with Gasteiger partial charge in [0.05, 0.1) is 26.2 Å². The molecule has 0 radical (unpaired) electrons. The van der Waals surface area contributed by atoms with E-state index in [0.29, 0.717) is 6.67 Å². The SMILES string of the molecule is COC(=O)CC1NCNC1=O. The maximum atomic E-state index is 10.8. The lowest BCUT2D eigenvalue weighted by Gasteiger charge is -2.03. The van der Waals surface area contributed by atoms with Gasteiger partial charge in [-0.15, -0.1) is 0 Å². The van der Waals surface area contributed by atoms with Crippen LogP contribution in [0.25, 0.3) is 0 Å². The molecule has 1 rings (SSSR count). The lowest BCUT2D eigenvalue weighted by atomic mass is 10.2. The number of carbonyl (C=O) groups excluding carboxylic acids is 2. The summed E-state index contributed by atoms with van der Waals surface area (Å²) in [5.74, 6) is -0.519. The molecule has 0 spiro atoms. The van der Waals surface area contributed by atoms with Gasteiger partial charge in [0.1, 0.15) is 0 Å². The van der Waals surface area contributed by atoms with Crippen molar-refractivity contribution in [2.75, 3.05) is 13.8 Å². The maximum Gasteiger partial charge on any atom is 0.307 e. The summed E-state index contributed by atoms with van der Waals surface area (Å²) in [6.45, 7) is 0.431. The van der Waals surface area contributed by atoms with Crippen molar-refractivity contribution in [3.63, 3.8) is 0 Å². The van der Waals surface area contributed by atoms with Crippen molar-refractivity contribution < 1.29 is 14.3 Å². The molecular formula is C6H10N2O3. The summed E-state index contributed by atoms with van der Waals surface area (Å²) in [7, 11) is 1.30. The molecule has 0 aliphatic carbocycles. The molecule has 11 heavy (non-hydrogen) atoms. The average molecular weight is 158 g/mol. The summed E-state index contributed by atoms with van der Waals surface area (Å²) < 4.78 is 4.40. The van der Waals surface area contributed by atoms with Crippen molar-refractivity contribution in [1.82, 2.24) is 10.6 Å². The van der Waals surface area contributed by atoms with E-state index in [9.17, 15) is 9.59 Å². The van der Waals surface area contributed by atoms with Gasteiger partial charge in [-0.1, -0.05) is 0 Å². The van der Waals surface area contributed by atoms with E-state index in [1.807, 2.05) is 0 Å². The van der Waals surface area contributed by atoms with Crippen LogP contribution in [0.2, 0.25) is 0 Å². The molecule has 1 fully saturated rings. The molecule has 1 unspecified atom stereocenters. The molecule has 5 heteroatoms. The third-order valence-corrected chi connectivity index (χ3v) is 1.53. The van der Waals surface area contributed by atoms with Crippen molar-refractivity contribution in [3.05, 3.63) is 0 Å². The van der Waals surface area contributed by atoms with Crippen LogP contribution < -0.4 is 10.6 Å². The topological polar surface area (TPSA) is 67.4 Å². The molecule has 1 saturated heterocycles. The highest BCUT2D eigenvalue weighted by Gasteiger charge is 2.25. The summed E-state index contributed by atoms with van der Waals surface area (Å²) >= 11 is 0. The molecule has 0 bridgehead atoms. The largest absolute Gasteiger partial charge is 0.469 e. The van der Waals surface area contributed by atoms with E-state index in [0.717, 1.165) is 0 Å². The number of esters is 1. The number of amides is 1. The van der Waals surface area contributed by atoms with E-state index < -0.39 is 6.04 Å². The number of methoxy groups -OCH3 is 1. The van der Waals surface area contributed by atoms with Gasteiger partial charge >= 0.3 is 5.97 Å². The molecular weight excluding hydrogens is 148 g/mol. The fourth-order valence-electron chi connectivity index (χ4n) is 0.892. The van der Waals surface area contributed by atoms with Gasteiger partial charge in [0.25, 0.3) is 0 Å². The number of rotatable bonds is 2. The Labute approximate surface area is 64.1 Å². The van der Waals surface area contributed by atoms with Gasteiger partial charge in [0.15, 0.2) is 0 Å². The van der Waals surface area contributed by atoms with Crippen LogP contribution in [0.3, 0.4) is 0 Å². The minimum atomic E-state index is -0.414. The second-order valence-corrected chi connectivity index (χ2v) is 2.25. The summed E-state index contributed by atoms with van der Waals surface area (Å²) in [5.41, 5.74) is 0. The molecule has 2 N–H and O–H groups in total. The van der Waals surface area contributed by atoms with Gasteiger partial charge in [0.2, 0.25) is 5.91 Å². The number of carbonyl (C=O) groups is 2. The quantitative estimate of drug-likeness (QED) is 0.485. The van der Waals surface area contributed by atoms with E-state index in [-0.39, 0.29) is 18.3 Å². The molecule has 1 aliphatic heterocycles. The third-order valence-electron chi connectivity index (χ3n) is 1.53. The molecule has 1 heterocycles. The Kier molecular flexibility index (Phi) is 2.43. The van der Waals surface area contributed by atoms with Crippen LogP contribution in [0.1, 0.15) is 6.42 Å². The molecule has 0 aromatic rings. The van der Waals surface area contributed by atoms with Crippen molar-refractivity contribution in [3.8, 4) is 0 Å². The van der Waals surface area contributed by atoms with Gasteiger partial charge in [-0.25, -0.2) is 0 Å². The van der Waals surface area contributed by atoms with E-state index in [2.05, 4.69) is 15.4 Å². The first kappa shape index (κ1) is 8.00. The molecule has 62 valence electrons. The highest BCUT2D eigenvalue weighted by atomic mass is 16.5. The lowest BCUT2D eigenvalue weighted by molar-refractivity contribution is -0.142. The molecule has 0 saturated carbocycles. The minimum absolute atomic E-state index is 0.0995. The monoisotopic (exact) mass is 158 g/mol. The van der Waals surface area contributed by atoms with Crippen LogP contribution in [-0.2, 0) is 14.3 Å². The Hall–Kier alpha value is -1.10. The van der Waals surface area contributed by atoms with E-state index in [4.69, 9.17) is 0 Å². The van der Waals surface area contributed by atoms with E-state index in [1.54, 1.807) is 0 Å². The van der Waals surface area contributed by atoms with Crippen LogP contribution in [0, 0.1) is 0 Å². The minimum Gasteiger partial charge on any atom is -0.469 e. The number of hydrogen-bond acceptors (Lipinski definition) is 4. The van der Waals surface area contributed by atoms with Crippen LogP contribution in [-0.4, -0.2) is 31.7 Å². The lowest BCUT2D eigenvalue weighted by Crippen LogP contribution is -2.31. The predicted molar refractivity (Wildman–Crippen MR) is 36.6 cm³/mol. The Bertz CT molecular complexity index is 181. The molecule has 1 amide bonds. The van der Waals surface area contributed by atoms with Crippen molar-refractivity contribution in [2.45, 2.75) is 12.5 Å². The second kappa shape index (κ2) is 3.34. The average Bonchev–Trinajstić information content (AvgIpc) is 2.37. The Balaban J connectivity index is 2.36. The van der Waals surface area contributed by atoms with Crippen LogP contribution in [0.5, 0.6) is 0 Å². The van der Waals surface area contributed by atoms with Gasteiger partial charge in [-0.05, 0) is 0 Å². The second-order valence-electron chi connectivity index (χ2n) is 2.25. The number of ether oxygens (including phenoxy) is 1. The fourth-order valence-corrected chi connectivity index (χ4v) is 0.892. The standard InChI is InChI=1S/C6H10N2O3/c1-11-5(9)2-4-6(10)8-3-7-4/h4,7H,2-3H2,1H3,(H,8,10). The summed E-state index contributed by atoms with van der Waals surface area (Å²) in [6.07, 6.45) is 0.0995. The normalized spacial score (nSPS) is 23.0.